The molecule has 2 heterocycles. The Labute approximate surface area is 117 Å². The van der Waals surface area contributed by atoms with Gasteiger partial charge in [-0.15, -0.1) is 0 Å². The van der Waals surface area contributed by atoms with Gasteiger partial charge in [-0.25, -0.2) is 4.98 Å². The second-order valence-electron chi connectivity index (χ2n) is 4.40. The highest BCUT2D eigenvalue weighted by Crippen LogP contribution is 2.13. The number of carbonyl (C=O) groups is 1. The highest BCUT2D eigenvalue weighted by molar-refractivity contribution is 5.99. The Balaban J connectivity index is 2.01. The van der Waals surface area contributed by atoms with Gasteiger partial charge >= 0.3 is 0 Å². The fourth-order valence-corrected chi connectivity index (χ4v) is 1.72. The van der Waals surface area contributed by atoms with E-state index in [9.17, 15) is 4.79 Å². The van der Waals surface area contributed by atoms with E-state index in [2.05, 4.69) is 27.5 Å². The van der Waals surface area contributed by atoms with Gasteiger partial charge in [-0.1, -0.05) is 6.92 Å². The monoisotopic (exact) mass is 274 g/mol. The van der Waals surface area contributed by atoms with E-state index < -0.39 is 0 Å². The summed E-state index contributed by atoms with van der Waals surface area (Å²) in [6.45, 7) is 4.95. The molecule has 0 saturated heterocycles. The molecule has 2 aromatic heterocycles. The van der Waals surface area contributed by atoms with Gasteiger partial charge in [0, 0.05) is 18.9 Å². The molecule has 0 aliphatic carbocycles. The minimum atomic E-state index is -0.201. The molecule has 0 bridgehead atoms. The average Bonchev–Trinajstić information content (AvgIpc) is 2.88. The molecule has 0 aliphatic heterocycles. The van der Waals surface area contributed by atoms with E-state index in [0.29, 0.717) is 11.5 Å². The molecule has 0 aromatic carbocycles. The first-order valence-corrected chi connectivity index (χ1v) is 6.58. The van der Waals surface area contributed by atoms with Crippen molar-refractivity contribution in [2.75, 3.05) is 11.9 Å². The van der Waals surface area contributed by atoms with Crippen molar-refractivity contribution < 1.29 is 9.21 Å². The van der Waals surface area contributed by atoms with Gasteiger partial charge in [0.2, 0.25) is 5.89 Å². The topological polar surface area (TPSA) is 80.0 Å². The van der Waals surface area contributed by atoms with Crippen LogP contribution in [0.2, 0.25) is 0 Å². The molecule has 2 aromatic rings. The molecule has 6 nitrogen and oxygen atoms in total. The summed E-state index contributed by atoms with van der Waals surface area (Å²) in [5.41, 5.74) is 1.30. The van der Waals surface area contributed by atoms with Gasteiger partial charge in [0.25, 0.3) is 5.91 Å². The van der Waals surface area contributed by atoms with Crippen molar-refractivity contribution in [3.05, 3.63) is 41.9 Å². The third kappa shape index (κ3) is 3.57. The molecule has 2 N–H and O–H groups in total. The van der Waals surface area contributed by atoms with Gasteiger partial charge in [-0.3, -0.25) is 9.78 Å². The van der Waals surface area contributed by atoms with Crippen molar-refractivity contribution in [1.82, 2.24) is 15.3 Å². The third-order valence-corrected chi connectivity index (χ3v) is 2.70. The zero-order valence-electron chi connectivity index (χ0n) is 11.6. The Morgan fingerprint density at radius 2 is 2.25 bits per heavy atom. The molecule has 20 heavy (non-hydrogen) atoms. The summed E-state index contributed by atoms with van der Waals surface area (Å²) in [5.74, 6) is 1.01. The minimum Gasteiger partial charge on any atom is -0.444 e. The van der Waals surface area contributed by atoms with Crippen LogP contribution in [0.5, 0.6) is 0 Å². The number of hydrogen-bond acceptors (Lipinski definition) is 5. The summed E-state index contributed by atoms with van der Waals surface area (Å²) in [5, 5.41) is 5.98. The van der Waals surface area contributed by atoms with Crippen molar-refractivity contribution in [3.63, 3.8) is 0 Å². The van der Waals surface area contributed by atoms with Crippen LogP contribution in [0.3, 0.4) is 0 Å². The highest BCUT2D eigenvalue weighted by atomic mass is 16.4. The lowest BCUT2D eigenvalue weighted by molar-refractivity contribution is 0.0947. The molecule has 0 aliphatic rings. The second kappa shape index (κ2) is 6.70. The molecular weight excluding hydrogens is 256 g/mol. The summed E-state index contributed by atoms with van der Waals surface area (Å²) in [4.78, 5) is 20.2. The van der Waals surface area contributed by atoms with Crippen molar-refractivity contribution in [2.24, 2.45) is 0 Å². The minimum absolute atomic E-state index is 0.201. The molecule has 0 unspecified atom stereocenters. The molecule has 0 saturated carbocycles. The molecule has 0 radical (unpaired) electrons. The predicted molar refractivity (Wildman–Crippen MR) is 75.4 cm³/mol. The Morgan fingerprint density at radius 3 is 2.95 bits per heavy atom. The zero-order chi connectivity index (χ0) is 14.4. The molecule has 6 heteroatoms. The second-order valence-corrected chi connectivity index (χ2v) is 4.40. The quantitative estimate of drug-likeness (QED) is 0.843. The van der Waals surface area contributed by atoms with Crippen LogP contribution in [0.1, 0.15) is 35.4 Å². The van der Waals surface area contributed by atoms with Crippen molar-refractivity contribution >= 4 is 11.6 Å². The van der Waals surface area contributed by atoms with Crippen LogP contribution in [0.15, 0.2) is 29.1 Å². The average molecular weight is 274 g/mol. The summed E-state index contributed by atoms with van der Waals surface area (Å²) in [7, 11) is 0. The van der Waals surface area contributed by atoms with Crippen molar-refractivity contribution in [3.8, 4) is 0 Å². The molecule has 0 spiro atoms. The number of hydrogen-bond donors (Lipinski definition) is 2. The lowest BCUT2D eigenvalue weighted by Crippen LogP contribution is -2.24. The van der Waals surface area contributed by atoms with E-state index >= 15 is 0 Å². The van der Waals surface area contributed by atoms with Gasteiger partial charge in [0.1, 0.15) is 5.76 Å². The van der Waals surface area contributed by atoms with Crippen LogP contribution >= 0.6 is 0 Å². The number of amides is 1. The van der Waals surface area contributed by atoms with E-state index in [0.717, 1.165) is 24.4 Å². The molecule has 106 valence electrons. The number of anilines is 1. The van der Waals surface area contributed by atoms with Crippen LogP contribution < -0.4 is 10.6 Å². The van der Waals surface area contributed by atoms with Crippen LogP contribution in [0, 0.1) is 6.92 Å². The normalized spacial score (nSPS) is 10.3. The molecule has 0 atom stereocenters. The first kappa shape index (κ1) is 14.0. The third-order valence-electron chi connectivity index (χ3n) is 2.70. The van der Waals surface area contributed by atoms with E-state index in [-0.39, 0.29) is 12.5 Å². The lowest BCUT2D eigenvalue weighted by Gasteiger charge is -2.10. The smallest absolute Gasteiger partial charge is 0.255 e. The van der Waals surface area contributed by atoms with Crippen LogP contribution in [0.25, 0.3) is 0 Å². The van der Waals surface area contributed by atoms with Gasteiger partial charge < -0.3 is 15.1 Å². The summed E-state index contributed by atoms with van der Waals surface area (Å²) < 4.78 is 5.31. The Morgan fingerprint density at radius 1 is 1.40 bits per heavy atom. The van der Waals surface area contributed by atoms with Crippen LogP contribution in [-0.4, -0.2) is 22.4 Å². The van der Waals surface area contributed by atoms with E-state index in [1.807, 2.05) is 6.92 Å². The number of rotatable bonds is 6. The van der Waals surface area contributed by atoms with Gasteiger partial charge in [-0.05, 0) is 19.4 Å². The summed E-state index contributed by atoms with van der Waals surface area (Å²) in [6.07, 6.45) is 5.82. The first-order valence-electron chi connectivity index (χ1n) is 6.58. The fourth-order valence-electron chi connectivity index (χ4n) is 1.72. The van der Waals surface area contributed by atoms with E-state index in [1.54, 1.807) is 24.7 Å². The molecular formula is C14H18N4O2. The maximum absolute atomic E-state index is 12.1. The lowest BCUT2D eigenvalue weighted by atomic mass is 10.2. The number of nitrogens with zero attached hydrogens (tertiary/aromatic N) is 2. The number of aromatic nitrogens is 2. The van der Waals surface area contributed by atoms with Gasteiger partial charge in [-0.2, -0.15) is 0 Å². The Bertz CT molecular complexity index is 580. The number of aryl methyl sites for hydroxylation is 1. The maximum Gasteiger partial charge on any atom is 0.255 e. The first-order chi connectivity index (χ1) is 9.70. The van der Waals surface area contributed by atoms with Gasteiger partial charge in [0.15, 0.2) is 0 Å². The number of oxazole rings is 1. The van der Waals surface area contributed by atoms with Crippen LogP contribution in [0.4, 0.5) is 5.69 Å². The molecule has 1 amide bonds. The summed E-state index contributed by atoms with van der Waals surface area (Å²) >= 11 is 0. The fraction of sp³-hybridized carbons (Fsp3) is 0.357. The van der Waals surface area contributed by atoms with Crippen molar-refractivity contribution in [2.45, 2.75) is 26.8 Å². The number of pyridine rings is 1. The number of nitrogens with one attached hydrogen (secondary N) is 2. The largest absolute Gasteiger partial charge is 0.444 e. The number of carbonyl (C=O) groups excluding carboxylic acids is 1. The van der Waals surface area contributed by atoms with E-state index in [1.165, 1.54) is 0 Å². The highest BCUT2D eigenvalue weighted by Gasteiger charge is 2.12. The predicted octanol–water partition coefficient (Wildman–Crippen LogP) is 2.13. The maximum atomic E-state index is 12.1. The van der Waals surface area contributed by atoms with Crippen molar-refractivity contribution in [1.29, 1.82) is 0 Å². The summed E-state index contributed by atoms with van der Waals surface area (Å²) in [6, 6.07) is 1.79. The Kier molecular flexibility index (Phi) is 4.70. The standard InChI is InChI=1S/C14H18N4O2/c1-3-5-16-12-4-6-15-8-11(12)14(19)18-9-13-17-7-10(2)20-13/h4,6-8H,3,5,9H2,1-2H3,(H,15,16)(H,18,19). The van der Waals surface area contributed by atoms with Crippen LogP contribution in [-0.2, 0) is 6.54 Å². The molecule has 0 fully saturated rings. The SMILES string of the molecule is CCCNc1ccncc1C(=O)NCc1ncc(C)o1. The Hall–Kier alpha value is -2.37. The molecule has 2 rings (SSSR count). The van der Waals surface area contributed by atoms with Gasteiger partial charge in [0.05, 0.1) is 24.0 Å². The zero-order valence-corrected chi connectivity index (χ0v) is 11.6. The van der Waals surface area contributed by atoms with E-state index in [4.69, 9.17) is 4.42 Å².